The highest BCUT2D eigenvalue weighted by molar-refractivity contribution is 7.80. The Morgan fingerprint density at radius 2 is 1.63 bits per heavy atom. The van der Waals surface area contributed by atoms with Crippen LogP contribution in [0.3, 0.4) is 0 Å². The Morgan fingerprint density at radius 1 is 1.00 bits per heavy atom. The Labute approximate surface area is 165 Å². The molecule has 2 aromatic rings. The van der Waals surface area contributed by atoms with Crippen LogP contribution in [0, 0.1) is 20.8 Å². The van der Waals surface area contributed by atoms with E-state index in [0.717, 1.165) is 22.4 Å². The van der Waals surface area contributed by atoms with Gasteiger partial charge in [0.05, 0.1) is 14.2 Å². The summed E-state index contributed by atoms with van der Waals surface area (Å²) in [4.78, 5) is 12.1. The van der Waals surface area contributed by atoms with Crippen LogP contribution in [0.4, 0.5) is 5.69 Å². The van der Waals surface area contributed by atoms with Gasteiger partial charge in [0.2, 0.25) is 5.91 Å². The second-order valence-electron chi connectivity index (χ2n) is 6.16. The normalized spacial score (nSPS) is 10.6. The molecule has 0 aromatic heterocycles. The molecule has 142 valence electrons. The van der Waals surface area contributed by atoms with Crippen LogP contribution in [0.15, 0.2) is 36.4 Å². The van der Waals surface area contributed by atoms with Gasteiger partial charge >= 0.3 is 0 Å². The fourth-order valence-electron chi connectivity index (χ4n) is 2.80. The van der Waals surface area contributed by atoms with E-state index in [4.69, 9.17) is 21.7 Å². The number of methoxy groups -OCH3 is 2. The second kappa shape index (κ2) is 9.19. The maximum atomic E-state index is 12.1. The van der Waals surface area contributed by atoms with Crippen molar-refractivity contribution in [3.63, 3.8) is 0 Å². The minimum Gasteiger partial charge on any atom is -0.493 e. The van der Waals surface area contributed by atoms with E-state index >= 15 is 0 Å². The zero-order valence-electron chi connectivity index (χ0n) is 16.2. The van der Waals surface area contributed by atoms with Gasteiger partial charge in [-0.2, -0.15) is 0 Å². The number of carbonyl (C=O) groups excluding carboxylic acids is 1. The van der Waals surface area contributed by atoms with Crippen molar-refractivity contribution >= 4 is 35.0 Å². The van der Waals surface area contributed by atoms with Gasteiger partial charge in [0.15, 0.2) is 16.6 Å². The number of amides is 1. The predicted octanol–water partition coefficient (Wildman–Crippen LogP) is 4.16. The van der Waals surface area contributed by atoms with Crippen LogP contribution in [0.1, 0.15) is 22.3 Å². The third-order valence-electron chi connectivity index (χ3n) is 3.99. The fourth-order valence-corrected chi connectivity index (χ4v) is 3.01. The number of thiocarbonyl (C=S) groups is 1. The number of nitrogens with one attached hydrogen (secondary N) is 2. The van der Waals surface area contributed by atoms with Crippen LogP contribution in [0.25, 0.3) is 6.08 Å². The average molecular weight is 385 g/mol. The van der Waals surface area contributed by atoms with Crippen LogP contribution < -0.4 is 20.1 Å². The zero-order valence-corrected chi connectivity index (χ0v) is 17.0. The van der Waals surface area contributed by atoms with Crippen molar-refractivity contribution in [2.45, 2.75) is 20.8 Å². The number of benzene rings is 2. The molecule has 0 unspecified atom stereocenters. The summed E-state index contributed by atoms with van der Waals surface area (Å²) in [5.41, 5.74) is 5.06. The molecule has 0 atom stereocenters. The van der Waals surface area contributed by atoms with Gasteiger partial charge in [-0.25, -0.2) is 0 Å². The van der Waals surface area contributed by atoms with E-state index < -0.39 is 0 Å². The molecular formula is C21H24N2O3S. The molecule has 2 rings (SSSR count). The molecule has 1 amide bonds. The summed E-state index contributed by atoms with van der Waals surface area (Å²) >= 11 is 5.25. The van der Waals surface area contributed by atoms with Crippen LogP contribution in [-0.2, 0) is 4.79 Å². The third kappa shape index (κ3) is 5.56. The second-order valence-corrected chi connectivity index (χ2v) is 6.57. The van der Waals surface area contributed by atoms with Crippen LogP contribution in [-0.4, -0.2) is 25.2 Å². The number of hydrogen-bond donors (Lipinski definition) is 2. The van der Waals surface area contributed by atoms with Gasteiger partial charge < -0.3 is 14.8 Å². The molecule has 0 aliphatic rings. The highest BCUT2D eigenvalue weighted by atomic mass is 32.1. The van der Waals surface area contributed by atoms with Crippen molar-refractivity contribution < 1.29 is 14.3 Å². The Morgan fingerprint density at radius 3 is 2.22 bits per heavy atom. The van der Waals surface area contributed by atoms with Crippen molar-refractivity contribution in [1.82, 2.24) is 5.32 Å². The van der Waals surface area contributed by atoms with Gasteiger partial charge in [-0.05, 0) is 67.9 Å². The fraction of sp³-hybridized carbons (Fsp3) is 0.238. The van der Waals surface area contributed by atoms with Gasteiger partial charge in [-0.15, -0.1) is 0 Å². The predicted molar refractivity (Wildman–Crippen MR) is 114 cm³/mol. The van der Waals surface area contributed by atoms with Crippen molar-refractivity contribution in [2.75, 3.05) is 19.5 Å². The number of carbonyl (C=O) groups is 1. The molecule has 0 fully saturated rings. The summed E-state index contributed by atoms with van der Waals surface area (Å²) in [5.74, 6) is 0.917. The molecule has 2 aromatic carbocycles. The van der Waals surface area contributed by atoms with Gasteiger partial charge in [0.1, 0.15) is 0 Å². The Hall–Kier alpha value is -2.86. The lowest BCUT2D eigenvalue weighted by molar-refractivity contribution is -0.115. The van der Waals surface area contributed by atoms with Gasteiger partial charge in [0, 0.05) is 11.8 Å². The minimum absolute atomic E-state index is 0.256. The van der Waals surface area contributed by atoms with Crippen LogP contribution in [0.5, 0.6) is 11.5 Å². The summed E-state index contributed by atoms with van der Waals surface area (Å²) in [7, 11) is 3.14. The van der Waals surface area contributed by atoms with E-state index in [1.54, 1.807) is 32.4 Å². The topological polar surface area (TPSA) is 59.6 Å². The number of hydrogen-bond acceptors (Lipinski definition) is 4. The van der Waals surface area contributed by atoms with Crippen LogP contribution >= 0.6 is 12.2 Å². The number of rotatable bonds is 5. The standard InChI is InChI=1S/C21H24N2O3S/c1-13-10-14(2)20(15(3)11-13)23-21(27)22-19(24)9-7-16-6-8-17(25-4)18(12-16)26-5/h6-12H,1-5H3,(H2,22,23,24,27)/b9-7+. The summed E-state index contributed by atoms with van der Waals surface area (Å²) in [6, 6.07) is 9.54. The van der Waals surface area contributed by atoms with E-state index in [0.29, 0.717) is 11.5 Å². The van der Waals surface area contributed by atoms with Crippen molar-refractivity contribution in [3.8, 4) is 11.5 Å². The summed E-state index contributed by atoms with van der Waals surface area (Å²) in [6.45, 7) is 6.05. The smallest absolute Gasteiger partial charge is 0.250 e. The summed E-state index contributed by atoms with van der Waals surface area (Å²) in [6.07, 6.45) is 3.10. The quantitative estimate of drug-likeness (QED) is 0.599. The van der Waals surface area contributed by atoms with E-state index in [1.807, 2.05) is 26.8 Å². The van der Waals surface area contributed by atoms with Crippen molar-refractivity contribution in [1.29, 1.82) is 0 Å². The maximum absolute atomic E-state index is 12.1. The van der Waals surface area contributed by atoms with Gasteiger partial charge in [-0.3, -0.25) is 10.1 Å². The first-order chi connectivity index (χ1) is 12.8. The van der Waals surface area contributed by atoms with E-state index in [-0.39, 0.29) is 11.0 Å². The van der Waals surface area contributed by atoms with Gasteiger partial charge in [-0.1, -0.05) is 23.8 Å². The van der Waals surface area contributed by atoms with Gasteiger partial charge in [0.25, 0.3) is 0 Å². The molecule has 27 heavy (non-hydrogen) atoms. The summed E-state index contributed by atoms with van der Waals surface area (Å²) in [5, 5.41) is 6.01. The molecule has 0 saturated heterocycles. The first-order valence-electron chi connectivity index (χ1n) is 8.44. The van der Waals surface area contributed by atoms with Crippen LogP contribution in [0.2, 0.25) is 0 Å². The number of ether oxygens (including phenoxy) is 2. The molecule has 2 N–H and O–H groups in total. The first kappa shape index (κ1) is 20.5. The molecule has 6 heteroatoms. The molecule has 0 saturated carbocycles. The van der Waals surface area contributed by atoms with Crippen molar-refractivity contribution in [3.05, 3.63) is 58.7 Å². The lowest BCUT2D eigenvalue weighted by atomic mass is 10.1. The Balaban J connectivity index is 2.01. The van der Waals surface area contributed by atoms with E-state index in [9.17, 15) is 4.79 Å². The molecule has 0 aliphatic carbocycles. The Bertz CT molecular complexity index is 868. The zero-order chi connectivity index (χ0) is 20.0. The third-order valence-corrected chi connectivity index (χ3v) is 4.19. The highest BCUT2D eigenvalue weighted by Gasteiger charge is 2.08. The lowest BCUT2D eigenvalue weighted by Crippen LogP contribution is -2.33. The monoisotopic (exact) mass is 384 g/mol. The Kier molecular flexibility index (Phi) is 6.96. The van der Waals surface area contributed by atoms with E-state index in [2.05, 4.69) is 22.8 Å². The minimum atomic E-state index is -0.315. The summed E-state index contributed by atoms with van der Waals surface area (Å²) < 4.78 is 10.5. The molecule has 0 radical (unpaired) electrons. The SMILES string of the molecule is COc1ccc(/C=C/C(=O)NC(=S)Nc2c(C)cc(C)cc2C)cc1OC. The average Bonchev–Trinajstić information content (AvgIpc) is 2.62. The van der Waals surface area contributed by atoms with E-state index in [1.165, 1.54) is 11.6 Å². The molecule has 0 bridgehead atoms. The number of anilines is 1. The maximum Gasteiger partial charge on any atom is 0.250 e. The molecule has 5 nitrogen and oxygen atoms in total. The molecular weight excluding hydrogens is 360 g/mol. The highest BCUT2D eigenvalue weighted by Crippen LogP contribution is 2.28. The lowest BCUT2D eigenvalue weighted by Gasteiger charge is -2.14. The molecule has 0 aliphatic heterocycles. The van der Waals surface area contributed by atoms with Crippen molar-refractivity contribution in [2.24, 2.45) is 0 Å². The number of aryl methyl sites for hydroxylation is 3. The largest absolute Gasteiger partial charge is 0.493 e. The molecule has 0 heterocycles. The molecule has 0 spiro atoms. The first-order valence-corrected chi connectivity index (χ1v) is 8.84.